The largest absolute Gasteiger partial charge is 0.493 e. The molecule has 1 unspecified atom stereocenters. The molecule has 11 nitrogen and oxygen atoms in total. The minimum absolute atomic E-state index is 0.122. The molecule has 0 saturated heterocycles. The number of methoxy groups -OCH3 is 6. The average Bonchev–Trinajstić information content (AvgIpc) is 3.16. The molecule has 0 bridgehead atoms. The molecule has 11 heteroatoms. The van der Waals surface area contributed by atoms with Crippen LogP contribution >= 0.6 is 0 Å². The standard InChI is InChI=1S/C39H44N2O9/c1-43-31-24-27(38-40-29-13-9-8-12-28(29)39(42)41-38)16-17-30(31)49-18-10-7-11-19-50-37-34(46-4)22-26(23-35(37)47-5)15-14-25-20-32(44-2)36(48-6)33(21-25)45-3/h8-9,12-17,20-24,38,40H,7,10-11,18-19H2,1-6H3,(H,41,42)/b15-14-. The topological polar surface area (TPSA) is 115 Å². The fourth-order valence-corrected chi connectivity index (χ4v) is 5.62. The number of fused-ring (bicyclic) bond motifs is 1. The molecule has 0 radical (unpaired) electrons. The molecule has 1 amide bonds. The Hall–Kier alpha value is -5.71. The van der Waals surface area contributed by atoms with E-state index in [0.717, 1.165) is 41.6 Å². The molecule has 0 aromatic heterocycles. The van der Waals surface area contributed by atoms with Crippen LogP contribution in [-0.2, 0) is 0 Å². The van der Waals surface area contributed by atoms with E-state index in [0.29, 0.717) is 64.8 Å². The fourth-order valence-electron chi connectivity index (χ4n) is 5.62. The molecule has 0 saturated carbocycles. The number of ether oxygens (including phenoxy) is 8. The van der Waals surface area contributed by atoms with Gasteiger partial charge in [-0.1, -0.05) is 30.4 Å². The van der Waals surface area contributed by atoms with Gasteiger partial charge in [0.15, 0.2) is 34.5 Å². The Labute approximate surface area is 293 Å². The molecule has 1 aliphatic heterocycles. The number of nitrogens with one attached hydrogen (secondary N) is 2. The lowest BCUT2D eigenvalue weighted by molar-refractivity contribution is 0.0935. The number of hydrogen-bond donors (Lipinski definition) is 2. The molecule has 50 heavy (non-hydrogen) atoms. The van der Waals surface area contributed by atoms with E-state index in [1.165, 1.54) is 0 Å². The summed E-state index contributed by atoms with van der Waals surface area (Å²) in [5.41, 5.74) is 4.01. The van der Waals surface area contributed by atoms with E-state index in [1.54, 1.807) is 48.7 Å². The Balaban J connectivity index is 1.12. The summed E-state index contributed by atoms with van der Waals surface area (Å²) < 4.78 is 45.5. The highest BCUT2D eigenvalue weighted by Gasteiger charge is 2.25. The number of amides is 1. The van der Waals surface area contributed by atoms with Crippen molar-refractivity contribution in [1.82, 2.24) is 5.32 Å². The molecule has 1 aliphatic rings. The van der Waals surface area contributed by atoms with Crippen LogP contribution in [0.1, 0.15) is 52.5 Å². The molecular formula is C39H44N2O9. The first-order chi connectivity index (χ1) is 24.4. The van der Waals surface area contributed by atoms with Gasteiger partial charge in [-0.15, -0.1) is 0 Å². The highest BCUT2D eigenvalue weighted by Crippen LogP contribution is 2.41. The van der Waals surface area contributed by atoms with Crippen molar-refractivity contribution >= 4 is 23.7 Å². The molecule has 5 rings (SSSR count). The van der Waals surface area contributed by atoms with Gasteiger partial charge in [0.1, 0.15) is 6.17 Å². The van der Waals surface area contributed by atoms with Gasteiger partial charge in [-0.2, -0.15) is 0 Å². The molecule has 264 valence electrons. The zero-order valence-electron chi connectivity index (χ0n) is 29.3. The smallest absolute Gasteiger partial charge is 0.255 e. The van der Waals surface area contributed by atoms with Crippen LogP contribution in [0.2, 0.25) is 0 Å². The normalized spacial score (nSPS) is 13.5. The third-order valence-electron chi connectivity index (χ3n) is 8.20. The van der Waals surface area contributed by atoms with Gasteiger partial charge < -0.3 is 48.5 Å². The summed E-state index contributed by atoms with van der Waals surface area (Å²) in [6.07, 6.45) is 6.03. The fraction of sp³-hybridized carbons (Fsp3) is 0.308. The van der Waals surface area contributed by atoms with E-state index in [4.69, 9.17) is 37.9 Å². The minimum Gasteiger partial charge on any atom is -0.493 e. The zero-order chi connectivity index (χ0) is 35.5. The Morgan fingerprint density at radius 3 is 1.70 bits per heavy atom. The van der Waals surface area contributed by atoms with Crippen LogP contribution in [0.15, 0.2) is 66.7 Å². The van der Waals surface area contributed by atoms with Crippen molar-refractivity contribution in [2.45, 2.75) is 25.4 Å². The molecule has 4 aromatic carbocycles. The second-order valence-corrected chi connectivity index (χ2v) is 11.3. The Morgan fingerprint density at radius 2 is 1.12 bits per heavy atom. The Kier molecular flexibility index (Phi) is 12.2. The third-order valence-corrected chi connectivity index (χ3v) is 8.20. The van der Waals surface area contributed by atoms with Crippen molar-refractivity contribution in [3.05, 3.63) is 89.0 Å². The van der Waals surface area contributed by atoms with E-state index in [1.807, 2.05) is 72.8 Å². The predicted octanol–water partition coefficient (Wildman–Crippen LogP) is 7.39. The van der Waals surface area contributed by atoms with Gasteiger partial charge in [0.05, 0.1) is 61.4 Å². The number of rotatable bonds is 17. The summed E-state index contributed by atoms with van der Waals surface area (Å²) in [7, 11) is 9.56. The second-order valence-electron chi connectivity index (χ2n) is 11.3. The van der Waals surface area contributed by atoms with Gasteiger partial charge in [0, 0.05) is 5.69 Å². The van der Waals surface area contributed by atoms with Gasteiger partial charge in [0.2, 0.25) is 11.5 Å². The number of benzene rings is 4. The molecular weight excluding hydrogens is 640 g/mol. The first-order valence-electron chi connectivity index (χ1n) is 16.3. The minimum atomic E-state index is -0.376. The van der Waals surface area contributed by atoms with Crippen molar-refractivity contribution in [3.8, 4) is 46.0 Å². The van der Waals surface area contributed by atoms with Crippen LogP contribution in [-0.4, -0.2) is 61.8 Å². The number of carbonyl (C=O) groups is 1. The first kappa shape index (κ1) is 35.6. The van der Waals surface area contributed by atoms with E-state index >= 15 is 0 Å². The average molecular weight is 685 g/mol. The predicted molar refractivity (Wildman–Crippen MR) is 193 cm³/mol. The SMILES string of the molecule is COc1cc(C2NC(=O)c3ccccc3N2)ccc1OCCCCCOc1c(OC)cc(/C=C\c2cc(OC)c(OC)c(OC)c2)cc1OC. The molecule has 0 spiro atoms. The number of para-hydroxylation sites is 1. The number of carbonyl (C=O) groups excluding carboxylic acids is 1. The first-order valence-corrected chi connectivity index (χ1v) is 16.3. The maximum absolute atomic E-state index is 12.6. The maximum atomic E-state index is 12.6. The van der Waals surface area contributed by atoms with Crippen molar-refractivity contribution in [3.63, 3.8) is 0 Å². The van der Waals surface area contributed by atoms with Crippen molar-refractivity contribution in [2.24, 2.45) is 0 Å². The van der Waals surface area contributed by atoms with Crippen molar-refractivity contribution in [2.75, 3.05) is 61.2 Å². The lowest BCUT2D eigenvalue weighted by Gasteiger charge is -2.28. The van der Waals surface area contributed by atoms with Gasteiger partial charge in [-0.3, -0.25) is 4.79 Å². The number of hydrogen-bond acceptors (Lipinski definition) is 10. The number of anilines is 1. The molecule has 1 atom stereocenters. The van der Waals surface area contributed by atoms with Crippen LogP contribution in [0, 0.1) is 0 Å². The van der Waals surface area contributed by atoms with Crippen LogP contribution < -0.4 is 48.5 Å². The summed E-state index contributed by atoms with van der Waals surface area (Å²) in [4.78, 5) is 12.6. The monoisotopic (exact) mass is 684 g/mol. The van der Waals surface area contributed by atoms with E-state index < -0.39 is 0 Å². The molecule has 0 aliphatic carbocycles. The maximum Gasteiger partial charge on any atom is 0.255 e. The van der Waals surface area contributed by atoms with Crippen LogP contribution in [0.25, 0.3) is 12.2 Å². The summed E-state index contributed by atoms with van der Waals surface area (Å²) in [5, 5.41) is 6.36. The van der Waals surface area contributed by atoms with Crippen molar-refractivity contribution < 1.29 is 42.7 Å². The number of unbranched alkanes of at least 4 members (excludes halogenated alkanes) is 2. The van der Waals surface area contributed by atoms with Gasteiger partial charge in [-0.25, -0.2) is 0 Å². The molecule has 2 N–H and O–H groups in total. The lowest BCUT2D eigenvalue weighted by Crippen LogP contribution is -2.38. The Bertz CT molecular complexity index is 1760. The molecule has 0 fully saturated rings. The van der Waals surface area contributed by atoms with Gasteiger partial charge in [0.25, 0.3) is 5.91 Å². The lowest BCUT2D eigenvalue weighted by atomic mass is 10.1. The van der Waals surface area contributed by atoms with E-state index in [9.17, 15) is 4.79 Å². The van der Waals surface area contributed by atoms with E-state index in [2.05, 4.69) is 10.6 Å². The quantitative estimate of drug-likeness (QED) is 0.0862. The van der Waals surface area contributed by atoms with Crippen LogP contribution in [0.3, 0.4) is 0 Å². The van der Waals surface area contributed by atoms with Gasteiger partial charge in [-0.05, 0) is 84.5 Å². The third kappa shape index (κ3) is 8.28. The summed E-state index contributed by atoms with van der Waals surface area (Å²) in [6, 6.07) is 20.6. The second kappa shape index (κ2) is 17.1. The van der Waals surface area contributed by atoms with Crippen LogP contribution in [0.5, 0.6) is 46.0 Å². The highest BCUT2D eigenvalue weighted by molar-refractivity contribution is 6.01. The summed E-state index contributed by atoms with van der Waals surface area (Å²) in [6.45, 7) is 0.996. The molecule has 4 aromatic rings. The van der Waals surface area contributed by atoms with Crippen molar-refractivity contribution in [1.29, 1.82) is 0 Å². The Morgan fingerprint density at radius 1 is 0.560 bits per heavy atom. The molecule has 1 heterocycles. The summed E-state index contributed by atoms with van der Waals surface area (Å²) >= 11 is 0. The van der Waals surface area contributed by atoms with Gasteiger partial charge >= 0.3 is 0 Å². The zero-order valence-corrected chi connectivity index (χ0v) is 29.3. The summed E-state index contributed by atoms with van der Waals surface area (Å²) in [5.74, 6) is 4.49. The van der Waals surface area contributed by atoms with E-state index in [-0.39, 0.29) is 12.1 Å². The van der Waals surface area contributed by atoms with Crippen LogP contribution in [0.4, 0.5) is 5.69 Å². The highest BCUT2D eigenvalue weighted by atomic mass is 16.5.